The first-order chi connectivity index (χ1) is 14.6. The van der Waals surface area contributed by atoms with Gasteiger partial charge in [-0.15, -0.1) is 0 Å². The third-order valence-corrected chi connectivity index (χ3v) is 6.22. The molecule has 1 atom stereocenters. The van der Waals surface area contributed by atoms with Gasteiger partial charge in [0.2, 0.25) is 5.91 Å². The van der Waals surface area contributed by atoms with E-state index in [1.54, 1.807) is 16.2 Å². The SMILES string of the molecule is Cc1cc([N+](=O)[O-])ccc1NC(=O)CC1CSc2nc3c(cnn3C(C)(C)C)c(=O)n21. The van der Waals surface area contributed by atoms with Crippen LogP contribution in [0.1, 0.15) is 38.8 Å². The summed E-state index contributed by atoms with van der Waals surface area (Å²) in [6.45, 7) is 7.67. The number of benzene rings is 1. The maximum Gasteiger partial charge on any atom is 0.269 e. The van der Waals surface area contributed by atoms with E-state index < -0.39 is 4.92 Å². The van der Waals surface area contributed by atoms with Crippen LogP contribution in [-0.2, 0) is 10.3 Å². The highest BCUT2D eigenvalue weighted by Gasteiger charge is 2.30. The lowest BCUT2D eigenvalue weighted by atomic mass is 10.1. The predicted molar refractivity (Wildman–Crippen MR) is 118 cm³/mol. The number of nitro benzene ring substituents is 1. The largest absolute Gasteiger partial charge is 0.326 e. The molecule has 2 aromatic heterocycles. The van der Waals surface area contributed by atoms with Crippen molar-refractivity contribution in [3.63, 3.8) is 0 Å². The van der Waals surface area contributed by atoms with Gasteiger partial charge in [0.15, 0.2) is 10.8 Å². The van der Waals surface area contributed by atoms with Gasteiger partial charge in [-0.1, -0.05) is 11.8 Å². The van der Waals surface area contributed by atoms with Crippen LogP contribution in [0.4, 0.5) is 11.4 Å². The average molecular weight is 443 g/mol. The number of aryl methyl sites for hydroxylation is 1. The predicted octanol–water partition coefficient (Wildman–Crippen LogP) is 3.24. The van der Waals surface area contributed by atoms with E-state index >= 15 is 0 Å². The van der Waals surface area contributed by atoms with E-state index in [1.165, 1.54) is 36.2 Å². The van der Waals surface area contributed by atoms with Crippen LogP contribution in [-0.4, -0.2) is 35.9 Å². The number of carbonyl (C=O) groups excluding carboxylic acids is 1. The molecular formula is C20H22N6O4S. The van der Waals surface area contributed by atoms with Gasteiger partial charge >= 0.3 is 0 Å². The summed E-state index contributed by atoms with van der Waals surface area (Å²) in [5.41, 5.74) is 1.10. The summed E-state index contributed by atoms with van der Waals surface area (Å²) < 4.78 is 3.31. The zero-order valence-electron chi connectivity index (χ0n) is 17.6. The molecule has 1 aromatic carbocycles. The van der Waals surface area contributed by atoms with Crippen molar-refractivity contribution in [1.82, 2.24) is 19.3 Å². The molecule has 162 valence electrons. The van der Waals surface area contributed by atoms with Gasteiger partial charge in [-0.05, 0) is 39.3 Å². The minimum absolute atomic E-state index is 0.0333. The van der Waals surface area contributed by atoms with Crippen molar-refractivity contribution in [3.05, 3.63) is 50.4 Å². The van der Waals surface area contributed by atoms with E-state index in [4.69, 9.17) is 0 Å². The second-order valence-corrected chi connectivity index (χ2v) is 9.49. The Morgan fingerprint density at radius 1 is 1.39 bits per heavy atom. The lowest BCUT2D eigenvalue weighted by molar-refractivity contribution is -0.384. The normalized spacial score (nSPS) is 15.8. The van der Waals surface area contributed by atoms with Gasteiger partial charge < -0.3 is 5.32 Å². The number of fused-ring (bicyclic) bond motifs is 2. The van der Waals surface area contributed by atoms with Gasteiger partial charge in [0.25, 0.3) is 11.2 Å². The Balaban J connectivity index is 1.58. The molecule has 1 amide bonds. The smallest absolute Gasteiger partial charge is 0.269 e. The van der Waals surface area contributed by atoms with Gasteiger partial charge in [-0.25, -0.2) is 9.67 Å². The molecule has 0 saturated carbocycles. The Morgan fingerprint density at radius 3 is 2.77 bits per heavy atom. The fourth-order valence-electron chi connectivity index (χ4n) is 3.59. The summed E-state index contributed by atoms with van der Waals surface area (Å²) in [4.78, 5) is 40.8. The van der Waals surface area contributed by atoms with E-state index in [2.05, 4.69) is 15.4 Å². The van der Waals surface area contributed by atoms with Crippen LogP contribution in [0.2, 0.25) is 0 Å². The number of thioether (sulfide) groups is 1. The van der Waals surface area contributed by atoms with Crippen LogP contribution >= 0.6 is 11.8 Å². The van der Waals surface area contributed by atoms with E-state index in [0.717, 1.165) is 0 Å². The van der Waals surface area contributed by atoms with Gasteiger partial charge in [0, 0.05) is 30.0 Å². The number of anilines is 1. The molecule has 3 aromatic rings. The standard InChI is InChI=1S/C20H22N6O4S/c1-11-7-12(26(29)30)5-6-15(11)22-16(27)8-13-10-31-19-23-17-14(18(28)24(13)19)9-21-25(17)20(2,3)4/h5-7,9,13H,8,10H2,1-4H3,(H,22,27). The topological polar surface area (TPSA) is 125 Å². The highest BCUT2D eigenvalue weighted by atomic mass is 32.2. The van der Waals surface area contributed by atoms with E-state index in [0.29, 0.717) is 33.2 Å². The van der Waals surface area contributed by atoms with Crippen LogP contribution in [0.25, 0.3) is 11.0 Å². The third-order valence-electron chi connectivity index (χ3n) is 5.12. The Morgan fingerprint density at radius 2 is 2.13 bits per heavy atom. The second-order valence-electron chi connectivity index (χ2n) is 8.51. The first-order valence-corrected chi connectivity index (χ1v) is 10.7. The molecule has 0 fully saturated rings. The quantitative estimate of drug-likeness (QED) is 0.373. The fourth-order valence-corrected chi connectivity index (χ4v) is 4.72. The van der Waals surface area contributed by atoms with Crippen molar-refractivity contribution in [3.8, 4) is 0 Å². The van der Waals surface area contributed by atoms with Crippen molar-refractivity contribution in [1.29, 1.82) is 0 Å². The van der Waals surface area contributed by atoms with E-state index in [9.17, 15) is 19.7 Å². The molecule has 11 heteroatoms. The molecule has 1 aliphatic heterocycles. The molecule has 1 N–H and O–H groups in total. The lowest BCUT2D eigenvalue weighted by Crippen LogP contribution is -2.29. The first-order valence-electron chi connectivity index (χ1n) is 9.74. The zero-order chi connectivity index (χ0) is 22.5. The van der Waals surface area contributed by atoms with Crippen LogP contribution in [0.15, 0.2) is 34.3 Å². The van der Waals surface area contributed by atoms with Gasteiger partial charge in [0.1, 0.15) is 5.39 Å². The number of hydrogen-bond donors (Lipinski definition) is 1. The van der Waals surface area contributed by atoms with Crippen LogP contribution in [0.5, 0.6) is 0 Å². The number of non-ortho nitro benzene ring substituents is 1. The maximum atomic E-state index is 13.1. The van der Waals surface area contributed by atoms with Gasteiger partial charge in [-0.3, -0.25) is 24.3 Å². The third kappa shape index (κ3) is 3.80. The average Bonchev–Trinajstić information content (AvgIpc) is 3.28. The van der Waals surface area contributed by atoms with E-state index in [1.807, 2.05) is 20.8 Å². The number of nitrogens with zero attached hydrogens (tertiary/aromatic N) is 5. The molecule has 4 rings (SSSR count). The summed E-state index contributed by atoms with van der Waals surface area (Å²) in [5, 5.41) is 19.0. The first kappa shape index (κ1) is 21.0. The summed E-state index contributed by atoms with van der Waals surface area (Å²) in [5.74, 6) is 0.289. The Bertz CT molecular complexity index is 1270. The molecule has 31 heavy (non-hydrogen) atoms. The molecule has 0 spiro atoms. The Labute approximate surface area is 181 Å². The summed E-state index contributed by atoms with van der Waals surface area (Å²) in [6.07, 6.45) is 1.63. The number of nitro groups is 1. The van der Waals surface area contributed by atoms with Crippen molar-refractivity contribution >= 4 is 40.1 Å². The van der Waals surface area contributed by atoms with Gasteiger partial charge in [0.05, 0.1) is 22.7 Å². The Kier molecular flexibility index (Phi) is 5.08. The Hall–Kier alpha value is -3.21. The number of carbonyl (C=O) groups is 1. The summed E-state index contributed by atoms with van der Waals surface area (Å²) in [7, 11) is 0. The van der Waals surface area contributed by atoms with E-state index in [-0.39, 0.29) is 35.2 Å². The second kappa shape index (κ2) is 7.49. The minimum Gasteiger partial charge on any atom is -0.326 e. The van der Waals surface area contributed by atoms with Crippen molar-refractivity contribution in [2.24, 2.45) is 0 Å². The van der Waals surface area contributed by atoms with Crippen LogP contribution < -0.4 is 10.9 Å². The monoisotopic (exact) mass is 442 g/mol. The minimum atomic E-state index is -0.479. The molecule has 10 nitrogen and oxygen atoms in total. The molecule has 0 radical (unpaired) electrons. The van der Waals surface area contributed by atoms with Crippen molar-refractivity contribution in [2.45, 2.75) is 50.9 Å². The number of hydrogen-bond acceptors (Lipinski definition) is 7. The summed E-state index contributed by atoms with van der Waals surface area (Å²) in [6, 6.07) is 3.94. The molecule has 0 aliphatic carbocycles. The fraction of sp³-hybridized carbons (Fsp3) is 0.400. The molecule has 0 bridgehead atoms. The maximum absolute atomic E-state index is 13.1. The highest BCUT2D eigenvalue weighted by molar-refractivity contribution is 7.99. The molecule has 0 saturated heterocycles. The molecule has 1 aliphatic rings. The lowest BCUT2D eigenvalue weighted by Gasteiger charge is -2.20. The summed E-state index contributed by atoms with van der Waals surface area (Å²) >= 11 is 1.44. The number of rotatable bonds is 4. The van der Waals surface area contributed by atoms with Crippen molar-refractivity contribution in [2.75, 3.05) is 11.1 Å². The molecule has 1 unspecified atom stereocenters. The number of aromatic nitrogens is 4. The zero-order valence-corrected chi connectivity index (χ0v) is 18.4. The number of nitrogens with one attached hydrogen (secondary N) is 1. The van der Waals surface area contributed by atoms with Crippen LogP contribution in [0, 0.1) is 17.0 Å². The highest BCUT2D eigenvalue weighted by Crippen LogP contribution is 2.34. The molecular weight excluding hydrogens is 420 g/mol. The van der Waals surface area contributed by atoms with Gasteiger partial charge in [-0.2, -0.15) is 5.10 Å². The van der Waals surface area contributed by atoms with Crippen LogP contribution in [0.3, 0.4) is 0 Å². The van der Waals surface area contributed by atoms with Crippen molar-refractivity contribution < 1.29 is 9.72 Å². The number of amides is 1. The molecule has 3 heterocycles.